The Balaban J connectivity index is 1.48. The van der Waals surface area contributed by atoms with E-state index in [1.165, 1.54) is 44.6 Å². The topological polar surface area (TPSA) is 150 Å². The van der Waals surface area contributed by atoms with Gasteiger partial charge in [0.15, 0.2) is 29.9 Å². The van der Waals surface area contributed by atoms with Crippen LogP contribution >= 0.6 is 23.2 Å². The summed E-state index contributed by atoms with van der Waals surface area (Å²) >= 11 is 12.6. The van der Waals surface area contributed by atoms with Crippen LogP contribution in [0.25, 0.3) is 0 Å². The number of nitrogens with one attached hydrogen (secondary N) is 2. The number of carboxylic acids is 1. The third kappa shape index (κ3) is 8.55. The summed E-state index contributed by atoms with van der Waals surface area (Å²) in [7, 11) is 2.92. The molecule has 0 saturated heterocycles. The van der Waals surface area contributed by atoms with E-state index in [9.17, 15) is 29.1 Å². The molecule has 0 bridgehead atoms. The van der Waals surface area contributed by atoms with Gasteiger partial charge in [0.05, 0.1) is 14.2 Å². The number of esters is 1. The number of pyridine rings is 1. The Kier molecular flexibility index (Phi) is 11.2. The fraction of sp³-hybridized carbons (Fsp3) is 0.188. The number of carbonyl (C=O) groups excluding carboxylic acids is 2. The summed E-state index contributed by atoms with van der Waals surface area (Å²) in [6.07, 6.45) is 1.27. The Hall–Kier alpha value is -5.07. The fourth-order valence-corrected chi connectivity index (χ4v) is 5.10. The molecule has 0 fully saturated rings. The van der Waals surface area contributed by atoms with Gasteiger partial charge in [-0.25, -0.2) is 9.18 Å². The first-order chi connectivity index (χ1) is 22.0. The molecule has 4 aromatic rings. The van der Waals surface area contributed by atoms with E-state index in [0.29, 0.717) is 38.6 Å². The molecule has 2 unspecified atom stereocenters. The highest BCUT2D eigenvalue weighted by atomic mass is 35.5. The fourth-order valence-electron chi connectivity index (χ4n) is 4.51. The number of anilines is 1. The maximum Gasteiger partial charge on any atom is 0.330 e. The highest BCUT2D eigenvalue weighted by molar-refractivity contribution is 6.35. The Morgan fingerprint density at radius 1 is 0.935 bits per heavy atom. The molecule has 1 heterocycles. The Labute approximate surface area is 273 Å². The zero-order chi connectivity index (χ0) is 33.4. The molecule has 46 heavy (non-hydrogen) atoms. The third-order valence-corrected chi connectivity index (χ3v) is 7.43. The number of hydrogen-bond acceptors (Lipinski definition) is 8. The van der Waals surface area contributed by atoms with Crippen LogP contribution in [0.15, 0.2) is 79.1 Å². The third-order valence-electron chi connectivity index (χ3n) is 6.78. The van der Waals surface area contributed by atoms with Gasteiger partial charge < -0.3 is 35.2 Å². The van der Waals surface area contributed by atoms with Crippen molar-refractivity contribution in [2.45, 2.75) is 18.6 Å². The Bertz CT molecular complexity index is 1720. The number of aromatic nitrogens is 1. The van der Waals surface area contributed by atoms with Gasteiger partial charge in [0.2, 0.25) is 0 Å². The summed E-state index contributed by atoms with van der Waals surface area (Å²) in [5.41, 5.74) is 1.59. The van der Waals surface area contributed by atoms with Crippen LogP contribution in [-0.4, -0.2) is 43.7 Å². The number of aliphatic carboxylic acids is 1. The second-order valence-corrected chi connectivity index (χ2v) is 10.6. The number of hydrogen-bond donors (Lipinski definition) is 3. The predicted molar refractivity (Wildman–Crippen MR) is 167 cm³/mol. The molecule has 1 amide bonds. The lowest BCUT2D eigenvalue weighted by atomic mass is 10.0. The van der Waals surface area contributed by atoms with Gasteiger partial charge >= 0.3 is 11.9 Å². The normalized spacial score (nSPS) is 12.0. The number of carbonyl (C=O) groups is 3. The predicted octanol–water partition coefficient (Wildman–Crippen LogP) is 5.28. The van der Waals surface area contributed by atoms with Gasteiger partial charge in [-0.2, -0.15) is 4.73 Å². The number of rotatable bonds is 13. The molecule has 240 valence electrons. The average molecular weight is 672 g/mol. The second kappa shape index (κ2) is 15.3. The summed E-state index contributed by atoms with van der Waals surface area (Å²) in [5, 5.41) is 26.9. The van der Waals surface area contributed by atoms with E-state index >= 15 is 0 Å². The number of halogens is 3. The van der Waals surface area contributed by atoms with Crippen molar-refractivity contribution in [1.29, 1.82) is 0 Å². The minimum Gasteiger partial charge on any atom is -0.619 e. The zero-order valence-corrected chi connectivity index (χ0v) is 26.0. The molecule has 2 atom stereocenters. The lowest BCUT2D eigenvalue weighted by Gasteiger charge is -2.21. The van der Waals surface area contributed by atoms with Crippen molar-refractivity contribution >= 4 is 46.7 Å². The number of methoxy groups -OCH3 is 2. The number of nitrogens with zero attached hydrogens (tertiary/aromatic N) is 1. The lowest BCUT2D eigenvalue weighted by Crippen LogP contribution is -2.32. The molecule has 14 heteroatoms. The monoisotopic (exact) mass is 671 g/mol. The molecule has 4 rings (SSSR count). The van der Waals surface area contributed by atoms with Crippen molar-refractivity contribution in [2.24, 2.45) is 0 Å². The summed E-state index contributed by atoms with van der Waals surface area (Å²) < 4.78 is 30.2. The molecule has 3 N–H and O–H groups in total. The van der Waals surface area contributed by atoms with E-state index in [0.717, 1.165) is 24.5 Å². The van der Waals surface area contributed by atoms with Crippen molar-refractivity contribution in [3.63, 3.8) is 0 Å². The summed E-state index contributed by atoms with van der Waals surface area (Å²) in [6, 6.07) is 14.7. The first kappa shape index (κ1) is 33.8. The van der Waals surface area contributed by atoms with Crippen molar-refractivity contribution in [3.05, 3.63) is 122 Å². The van der Waals surface area contributed by atoms with Gasteiger partial charge in [-0.3, -0.25) is 9.59 Å². The quantitative estimate of drug-likeness (QED) is 0.0980. The molecule has 1 aromatic heterocycles. The van der Waals surface area contributed by atoms with Crippen molar-refractivity contribution in [2.75, 3.05) is 26.1 Å². The van der Waals surface area contributed by atoms with E-state index in [-0.39, 0.29) is 22.0 Å². The van der Waals surface area contributed by atoms with Crippen LogP contribution in [0, 0.1) is 11.0 Å². The molecule has 11 nitrogen and oxygen atoms in total. The minimum absolute atomic E-state index is 0.0137. The van der Waals surface area contributed by atoms with Crippen molar-refractivity contribution < 1.29 is 42.8 Å². The summed E-state index contributed by atoms with van der Waals surface area (Å²) in [6.45, 7) is -0.523. The number of ether oxygens (including phenoxy) is 3. The van der Waals surface area contributed by atoms with Crippen LogP contribution in [0.3, 0.4) is 0 Å². The highest BCUT2D eigenvalue weighted by Gasteiger charge is 2.25. The maximum atomic E-state index is 13.3. The number of benzene rings is 3. The van der Waals surface area contributed by atoms with Crippen LogP contribution < -0.4 is 24.8 Å². The molecular weight excluding hydrogens is 644 g/mol. The maximum absolute atomic E-state index is 13.3. The Morgan fingerprint density at radius 3 is 2.22 bits per heavy atom. The summed E-state index contributed by atoms with van der Waals surface area (Å²) in [5.74, 6) is -2.34. The lowest BCUT2D eigenvalue weighted by molar-refractivity contribution is -0.605. The highest BCUT2D eigenvalue weighted by Crippen LogP contribution is 2.35. The van der Waals surface area contributed by atoms with Crippen LogP contribution in [0.1, 0.15) is 39.2 Å². The van der Waals surface area contributed by atoms with E-state index < -0.39 is 42.4 Å². The second-order valence-electron chi connectivity index (χ2n) is 9.82. The van der Waals surface area contributed by atoms with Gasteiger partial charge in [-0.15, -0.1) is 0 Å². The molecule has 0 spiro atoms. The van der Waals surface area contributed by atoms with E-state index in [4.69, 9.17) is 37.4 Å². The van der Waals surface area contributed by atoms with Crippen molar-refractivity contribution in [1.82, 2.24) is 5.32 Å². The van der Waals surface area contributed by atoms with E-state index in [1.807, 2.05) is 0 Å². The Morgan fingerprint density at radius 2 is 1.59 bits per heavy atom. The SMILES string of the molecule is COc1ccc(C(Cc2c(Cl)c[n+]([O-])cc2Cl)OC(=O)CNC(=O)c2cccc(NC(C(=O)O)c3ccc(F)cc3)c2)cc1OC. The van der Waals surface area contributed by atoms with E-state index in [2.05, 4.69) is 10.6 Å². The molecule has 0 aliphatic heterocycles. The molecule has 3 aromatic carbocycles. The van der Waals surface area contributed by atoms with Crippen LogP contribution in [-0.2, 0) is 20.7 Å². The number of amides is 1. The molecule has 0 aliphatic carbocycles. The molecule has 0 radical (unpaired) electrons. The smallest absolute Gasteiger partial charge is 0.330 e. The van der Waals surface area contributed by atoms with Gasteiger partial charge in [0.25, 0.3) is 5.91 Å². The molecule has 0 aliphatic rings. The van der Waals surface area contributed by atoms with Gasteiger partial charge in [-0.05, 0) is 53.6 Å². The van der Waals surface area contributed by atoms with Gasteiger partial charge in [-0.1, -0.05) is 47.5 Å². The molecular formula is C32H28Cl2FN3O8. The van der Waals surface area contributed by atoms with Gasteiger partial charge in [0, 0.05) is 23.2 Å². The van der Waals surface area contributed by atoms with Crippen LogP contribution in [0.5, 0.6) is 11.5 Å². The molecule has 0 saturated carbocycles. The van der Waals surface area contributed by atoms with Crippen LogP contribution in [0.4, 0.5) is 10.1 Å². The van der Waals surface area contributed by atoms with Gasteiger partial charge in [0.1, 0.15) is 28.5 Å². The first-order valence-corrected chi connectivity index (χ1v) is 14.4. The first-order valence-electron chi connectivity index (χ1n) is 13.6. The minimum atomic E-state index is -1.21. The van der Waals surface area contributed by atoms with Crippen molar-refractivity contribution in [3.8, 4) is 11.5 Å². The zero-order valence-electron chi connectivity index (χ0n) is 24.5. The van der Waals surface area contributed by atoms with Crippen LogP contribution in [0.2, 0.25) is 10.0 Å². The summed E-state index contributed by atoms with van der Waals surface area (Å²) in [4.78, 5) is 37.8. The standard InChI is InChI=1S/C32H28Cl2FN3O8/c1-44-26-11-8-19(13-28(26)45-2)27(14-23-24(33)16-38(43)17-25(23)34)46-29(39)15-36-31(40)20-4-3-5-22(12-20)37-30(32(41)42)18-6-9-21(35)10-7-18/h3-13,16-17,27,30,37H,14-15H2,1-2H3,(H,36,40)(H,41,42). The average Bonchev–Trinajstić information content (AvgIpc) is 3.03. The number of carboxylic acid groups (broad SMARTS) is 1. The van der Waals surface area contributed by atoms with E-state index in [1.54, 1.807) is 24.3 Å². The largest absolute Gasteiger partial charge is 0.619 e.